The summed E-state index contributed by atoms with van der Waals surface area (Å²) in [5.41, 5.74) is 0.690. The first-order chi connectivity index (χ1) is 20.1. The molecule has 0 saturated heterocycles. The van der Waals surface area contributed by atoms with E-state index < -0.39 is 11.7 Å². The Labute approximate surface area is 262 Å². The fourth-order valence-electron chi connectivity index (χ4n) is 5.12. The molecule has 0 amide bonds. The largest absolute Gasteiger partial charge is 0.512 e. The van der Waals surface area contributed by atoms with Crippen molar-refractivity contribution in [2.24, 2.45) is 11.8 Å². The van der Waals surface area contributed by atoms with Gasteiger partial charge in [0, 0.05) is 43.4 Å². The van der Waals surface area contributed by atoms with Crippen molar-refractivity contribution in [3.63, 3.8) is 0 Å². The number of ketones is 1. The average molecular weight is 768 g/mol. The second kappa shape index (κ2) is 14.7. The number of aliphatic hydroxyl groups is 1. The maximum absolute atomic E-state index is 13.9. The number of hydrogen-bond acceptors (Lipinski definition) is 5. The molecule has 2 aromatic heterocycles. The number of aromatic nitrogens is 4. The van der Waals surface area contributed by atoms with Crippen LogP contribution in [-0.2, 0) is 31.1 Å². The van der Waals surface area contributed by atoms with E-state index in [0.717, 1.165) is 32.0 Å². The predicted octanol–water partition coefficient (Wildman–Crippen LogP) is 8.84. The van der Waals surface area contributed by atoms with E-state index in [1.54, 1.807) is 36.4 Å². The molecule has 0 bridgehead atoms. The zero-order chi connectivity index (χ0) is 30.4. The molecule has 5 aromatic rings. The van der Waals surface area contributed by atoms with Gasteiger partial charge in [0.25, 0.3) is 0 Å². The van der Waals surface area contributed by atoms with Crippen molar-refractivity contribution in [1.29, 1.82) is 0 Å². The van der Waals surface area contributed by atoms with E-state index in [1.807, 2.05) is 39.8 Å². The van der Waals surface area contributed by atoms with Crippen LogP contribution in [-0.4, -0.2) is 25.8 Å². The molecule has 0 saturated carbocycles. The van der Waals surface area contributed by atoms with Crippen LogP contribution < -0.4 is 4.98 Å². The molecule has 1 N–H and O–H groups in total. The molecule has 0 spiro atoms. The van der Waals surface area contributed by atoms with Gasteiger partial charge in [0.05, 0.1) is 22.5 Å². The molecule has 0 aliphatic heterocycles. The molecule has 0 fully saturated rings. The summed E-state index contributed by atoms with van der Waals surface area (Å²) in [5, 5.41) is 10.6. The van der Waals surface area contributed by atoms with Crippen molar-refractivity contribution in [1.82, 2.24) is 19.9 Å². The summed E-state index contributed by atoms with van der Waals surface area (Å²) >= 11 is 0. The Morgan fingerprint density at radius 1 is 0.907 bits per heavy atom. The van der Waals surface area contributed by atoms with E-state index in [4.69, 9.17) is 0 Å². The number of allylic oxidation sites excluding steroid dienone is 2. The number of rotatable bonds is 8. The summed E-state index contributed by atoms with van der Waals surface area (Å²) < 4.78 is 41.6. The number of alkyl halides is 3. The number of carbonyl (C=O) groups is 1. The quantitative estimate of drug-likeness (QED) is 0.0965. The molecule has 0 unspecified atom stereocenters. The number of hydrogen-bond donors (Lipinski definition) is 1. The summed E-state index contributed by atoms with van der Waals surface area (Å²) in [7, 11) is 0. The van der Waals surface area contributed by atoms with Gasteiger partial charge in [0.2, 0.25) is 0 Å². The fourth-order valence-corrected chi connectivity index (χ4v) is 5.12. The van der Waals surface area contributed by atoms with E-state index in [0.29, 0.717) is 16.4 Å². The Bertz CT molecular complexity index is 1690. The normalized spacial score (nSPS) is 12.1. The Hall–Kier alpha value is -3.62. The van der Waals surface area contributed by atoms with Crippen molar-refractivity contribution in [3.05, 3.63) is 78.3 Å². The monoisotopic (exact) mass is 768 g/mol. The van der Waals surface area contributed by atoms with Gasteiger partial charge in [-0.05, 0) is 59.4 Å². The van der Waals surface area contributed by atoms with Gasteiger partial charge in [0.1, 0.15) is 6.33 Å². The number of carbonyl (C=O) groups excluding carboxylic acids is 1. The van der Waals surface area contributed by atoms with Crippen molar-refractivity contribution < 1.29 is 43.2 Å². The van der Waals surface area contributed by atoms with Gasteiger partial charge in [-0.25, -0.2) is 9.97 Å². The first kappa shape index (κ1) is 33.9. The first-order valence-electron chi connectivity index (χ1n) is 14.2. The average Bonchev–Trinajstić information content (AvgIpc) is 3.41. The second-order valence-electron chi connectivity index (χ2n) is 10.1. The predicted molar refractivity (Wildman–Crippen MR) is 160 cm³/mol. The standard InChI is InChI=1S/C20H10F3N4.C13H24O2.Ir/c21-20(22,23)16-12-6-2-1-5-11(12)9-13-17(16)24-10-25-18(13)19-26-14-7-3-4-8-15(14)27-19;1-5-10(6-2)12(14)9-13(15)11(7-3)8-4;/h1-10H;9-11,14H,5-8H2,1-4H3;/q-1;;/b;12-9-;. The molecule has 229 valence electrons. The number of fused-ring (bicyclic) bond motifs is 3. The topological polar surface area (TPSA) is 90.1 Å². The Morgan fingerprint density at radius 2 is 1.53 bits per heavy atom. The Morgan fingerprint density at radius 3 is 2.16 bits per heavy atom. The van der Waals surface area contributed by atoms with Crippen molar-refractivity contribution in [3.8, 4) is 11.5 Å². The fraction of sp³-hybridized carbons (Fsp3) is 0.333. The Balaban J connectivity index is 0.000000274. The molecule has 0 atom stereocenters. The number of imidazole rings is 1. The van der Waals surface area contributed by atoms with E-state index >= 15 is 0 Å². The second-order valence-corrected chi connectivity index (χ2v) is 10.1. The molecule has 6 nitrogen and oxygen atoms in total. The van der Waals surface area contributed by atoms with Gasteiger partial charge in [-0.1, -0.05) is 76.2 Å². The van der Waals surface area contributed by atoms with Gasteiger partial charge in [-0.3, -0.25) is 4.79 Å². The van der Waals surface area contributed by atoms with E-state index in [1.165, 1.54) is 12.1 Å². The van der Waals surface area contributed by atoms with Crippen LogP contribution in [0.3, 0.4) is 0 Å². The van der Waals surface area contributed by atoms with Crippen LogP contribution in [0.25, 0.3) is 44.2 Å². The zero-order valence-corrected chi connectivity index (χ0v) is 26.8. The number of para-hydroxylation sites is 2. The molecule has 0 aliphatic carbocycles. The minimum atomic E-state index is -4.55. The Kier molecular flexibility index (Phi) is 11.6. The third-order valence-corrected chi connectivity index (χ3v) is 7.56. The van der Waals surface area contributed by atoms with Crippen LogP contribution in [0, 0.1) is 11.8 Å². The molecule has 43 heavy (non-hydrogen) atoms. The summed E-state index contributed by atoms with van der Waals surface area (Å²) in [5.74, 6) is 0.832. The molecule has 2 heterocycles. The first-order valence-corrected chi connectivity index (χ1v) is 14.2. The third-order valence-electron chi connectivity index (χ3n) is 7.56. The maximum Gasteiger partial charge on any atom is 0.419 e. The molecular weight excluding hydrogens is 734 g/mol. The van der Waals surface area contributed by atoms with Crippen LogP contribution >= 0.6 is 0 Å². The smallest absolute Gasteiger partial charge is 0.419 e. The van der Waals surface area contributed by atoms with Crippen molar-refractivity contribution >= 4 is 38.5 Å². The minimum Gasteiger partial charge on any atom is -0.512 e. The van der Waals surface area contributed by atoms with Crippen molar-refractivity contribution in [2.75, 3.05) is 0 Å². The van der Waals surface area contributed by atoms with Crippen molar-refractivity contribution in [2.45, 2.75) is 59.6 Å². The van der Waals surface area contributed by atoms with Crippen LogP contribution in [0.2, 0.25) is 0 Å². The summed E-state index contributed by atoms with van der Waals surface area (Å²) in [4.78, 5) is 28.7. The van der Waals surface area contributed by atoms with E-state index in [2.05, 4.69) is 19.9 Å². The van der Waals surface area contributed by atoms with Crippen LogP contribution in [0.5, 0.6) is 0 Å². The molecule has 10 heteroatoms. The number of benzene rings is 3. The molecule has 1 radical (unpaired) electrons. The molecule has 0 aliphatic rings. The number of halogens is 3. The summed E-state index contributed by atoms with van der Waals surface area (Å²) in [6, 6.07) is 15.3. The van der Waals surface area contributed by atoms with Gasteiger partial charge in [-0.2, -0.15) is 13.2 Å². The van der Waals surface area contributed by atoms with Gasteiger partial charge in [0.15, 0.2) is 5.78 Å². The van der Waals surface area contributed by atoms with Gasteiger partial charge in [-0.15, -0.1) is 0 Å². The van der Waals surface area contributed by atoms with E-state index in [9.17, 15) is 23.1 Å². The molecule has 5 rings (SSSR count). The van der Waals surface area contributed by atoms with Gasteiger partial charge < -0.3 is 15.1 Å². The molecule has 3 aromatic carbocycles. The van der Waals surface area contributed by atoms with Gasteiger partial charge >= 0.3 is 6.18 Å². The van der Waals surface area contributed by atoms with Crippen LogP contribution in [0.1, 0.15) is 58.9 Å². The van der Waals surface area contributed by atoms with Crippen LogP contribution in [0.15, 0.2) is 72.8 Å². The summed E-state index contributed by atoms with van der Waals surface area (Å²) in [6.07, 6.45) is 1.48. The zero-order valence-electron chi connectivity index (χ0n) is 24.4. The van der Waals surface area contributed by atoms with Crippen LogP contribution in [0.4, 0.5) is 13.2 Å². The number of aliphatic hydroxyl groups excluding tert-OH is 1. The third kappa shape index (κ3) is 7.48. The maximum atomic E-state index is 13.9. The van der Waals surface area contributed by atoms with E-state index in [-0.39, 0.29) is 71.3 Å². The number of nitrogens with zero attached hydrogens (tertiary/aromatic N) is 4. The summed E-state index contributed by atoms with van der Waals surface area (Å²) in [6.45, 7) is 8.07. The molecular formula is C33H34F3IrN4O2-. The minimum absolute atomic E-state index is 0. The SMILES string of the molecule is CCC(CC)C(=O)/C=C(\O)C(CC)CC.FC(F)(F)c1c2ccccc2cc2c(-c3nc4ccccc4[n-]3)ncnc12.[Ir].